The molecule has 1 unspecified atom stereocenters. The van der Waals surface area contributed by atoms with E-state index in [9.17, 15) is 4.79 Å². The Morgan fingerprint density at radius 1 is 1.04 bits per heavy atom. The Morgan fingerprint density at radius 3 is 2.32 bits per heavy atom. The summed E-state index contributed by atoms with van der Waals surface area (Å²) in [5, 5.41) is 3.33. The minimum Gasteiger partial charge on any atom is -0.494 e. The first-order chi connectivity index (χ1) is 12.1. The summed E-state index contributed by atoms with van der Waals surface area (Å²) in [7, 11) is 0. The summed E-state index contributed by atoms with van der Waals surface area (Å²) in [6.45, 7) is 6.72. The Kier molecular flexibility index (Phi) is 12.2. The number of ketones is 1. The van der Waals surface area contributed by atoms with Crippen molar-refractivity contribution >= 4 is 24.1 Å². The van der Waals surface area contributed by atoms with Crippen LogP contribution >= 0.6 is 12.6 Å². The largest absolute Gasteiger partial charge is 0.494 e. The summed E-state index contributed by atoms with van der Waals surface area (Å²) in [6, 6.07) is 7.86. The SMILES string of the molecule is CCC(=O)COCCCCOCCCOc1ccc(NC(C)S)cc1. The quantitative estimate of drug-likeness (QED) is 0.279. The first kappa shape index (κ1) is 21.8. The molecule has 142 valence electrons. The third-order valence-corrected chi connectivity index (χ3v) is 3.55. The highest BCUT2D eigenvalue weighted by molar-refractivity contribution is 7.81. The number of hydrogen-bond donors (Lipinski definition) is 2. The van der Waals surface area contributed by atoms with Crippen LogP contribution in [0.15, 0.2) is 24.3 Å². The summed E-state index contributed by atoms with van der Waals surface area (Å²) in [5.74, 6) is 1.01. The zero-order valence-electron chi connectivity index (χ0n) is 15.3. The standard InChI is InChI=1S/C19H31NO4S/c1-3-18(21)15-23-12-5-4-11-22-13-6-14-24-19-9-7-17(8-10-19)20-16(2)25/h7-10,16,20,25H,3-6,11-15H2,1-2H3. The molecule has 0 fully saturated rings. The number of ether oxygens (including phenoxy) is 3. The van der Waals surface area contributed by atoms with Gasteiger partial charge < -0.3 is 19.5 Å². The number of carbonyl (C=O) groups excluding carboxylic acids is 1. The molecular formula is C19H31NO4S. The van der Waals surface area contributed by atoms with Crippen LogP contribution in [-0.4, -0.2) is 44.2 Å². The van der Waals surface area contributed by atoms with Crippen LogP contribution in [0.1, 0.15) is 39.5 Å². The van der Waals surface area contributed by atoms with Crippen LogP contribution in [-0.2, 0) is 14.3 Å². The number of nitrogens with one attached hydrogen (secondary N) is 1. The van der Waals surface area contributed by atoms with E-state index in [1.54, 1.807) is 0 Å². The minimum atomic E-state index is 0.120. The molecule has 6 heteroatoms. The average Bonchev–Trinajstić information content (AvgIpc) is 2.60. The van der Waals surface area contributed by atoms with Gasteiger partial charge in [0.25, 0.3) is 0 Å². The number of carbonyl (C=O) groups is 1. The van der Waals surface area contributed by atoms with Crippen LogP contribution in [0.5, 0.6) is 5.75 Å². The van der Waals surface area contributed by atoms with E-state index in [1.807, 2.05) is 38.1 Å². The van der Waals surface area contributed by atoms with E-state index < -0.39 is 0 Å². The maximum absolute atomic E-state index is 11.0. The summed E-state index contributed by atoms with van der Waals surface area (Å²) < 4.78 is 16.5. The van der Waals surface area contributed by atoms with Crippen LogP contribution in [0.25, 0.3) is 0 Å². The van der Waals surface area contributed by atoms with Gasteiger partial charge >= 0.3 is 0 Å². The third kappa shape index (κ3) is 11.9. The fourth-order valence-corrected chi connectivity index (χ4v) is 2.19. The first-order valence-corrected chi connectivity index (χ1v) is 9.48. The highest BCUT2D eigenvalue weighted by Crippen LogP contribution is 2.17. The van der Waals surface area contributed by atoms with Crippen molar-refractivity contribution < 1.29 is 19.0 Å². The molecule has 1 N–H and O–H groups in total. The Labute approximate surface area is 156 Å². The Balaban J connectivity index is 1.92. The number of Topliss-reactive ketones (excluding diaryl/α,β-unsaturated/α-hetero) is 1. The van der Waals surface area contributed by atoms with Crippen molar-refractivity contribution in [3.05, 3.63) is 24.3 Å². The number of thiol groups is 1. The zero-order chi connectivity index (χ0) is 18.3. The monoisotopic (exact) mass is 369 g/mol. The fourth-order valence-electron chi connectivity index (χ4n) is 2.04. The second kappa shape index (κ2) is 14.0. The summed E-state index contributed by atoms with van der Waals surface area (Å²) in [4.78, 5) is 11.0. The van der Waals surface area contributed by atoms with Crippen LogP contribution in [0, 0.1) is 0 Å². The molecule has 0 heterocycles. The van der Waals surface area contributed by atoms with Crippen LogP contribution in [0.3, 0.4) is 0 Å². The van der Waals surface area contributed by atoms with Gasteiger partial charge in [-0.15, -0.1) is 0 Å². The molecule has 25 heavy (non-hydrogen) atoms. The second-order valence-electron chi connectivity index (χ2n) is 5.81. The lowest BCUT2D eigenvalue weighted by Crippen LogP contribution is -2.08. The maximum Gasteiger partial charge on any atom is 0.158 e. The molecule has 0 aliphatic carbocycles. The molecule has 0 amide bonds. The Bertz CT molecular complexity index is 465. The van der Waals surface area contributed by atoms with Gasteiger partial charge in [0, 0.05) is 38.3 Å². The maximum atomic E-state index is 11.0. The average molecular weight is 370 g/mol. The van der Waals surface area contributed by atoms with E-state index in [1.165, 1.54) is 0 Å². The number of hydrogen-bond acceptors (Lipinski definition) is 6. The lowest BCUT2D eigenvalue weighted by Gasteiger charge is -2.11. The third-order valence-electron chi connectivity index (χ3n) is 3.42. The van der Waals surface area contributed by atoms with Crippen LogP contribution in [0.2, 0.25) is 0 Å². The van der Waals surface area contributed by atoms with Gasteiger partial charge in [0.15, 0.2) is 5.78 Å². The lowest BCUT2D eigenvalue weighted by molar-refractivity contribution is -0.123. The van der Waals surface area contributed by atoms with Gasteiger partial charge in [-0.05, 0) is 44.0 Å². The molecule has 0 saturated carbocycles. The minimum absolute atomic E-state index is 0.120. The van der Waals surface area contributed by atoms with Crippen molar-refractivity contribution in [2.24, 2.45) is 0 Å². The van der Waals surface area contributed by atoms with Gasteiger partial charge in [-0.25, -0.2) is 0 Å². The van der Waals surface area contributed by atoms with E-state index in [0.717, 1.165) is 30.7 Å². The zero-order valence-corrected chi connectivity index (χ0v) is 16.2. The highest BCUT2D eigenvalue weighted by atomic mass is 32.1. The summed E-state index contributed by atoms with van der Waals surface area (Å²) in [6.07, 6.45) is 3.26. The molecule has 1 rings (SSSR count). The van der Waals surface area contributed by atoms with Gasteiger partial charge in [0.1, 0.15) is 12.4 Å². The number of benzene rings is 1. The second-order valence-corrected chi connectivity index (χ2v) is 6.59. The summed E-state index contributed by atoms with van der Waals surface area (Å²) >= 11 is 4.29. The number of rotatable bonds is 15. The van der Waals surface area contributed by atoms with Crippen LogP contribution < -0.4 is 10.1 Å². The molecular weight excluding hydrogens is 338 g/mol. The molecule has 0 spiro atoms. The molecule has 5 nitrogen and oxygen atoms in total. The van der Waals surface area contributed by atoms with E-state index >= 15 is 0 Å². The van der Waals surface area contributed by atoms with Crippen molar-refractivity contribution in [3.63, 3.8) is 0 Å². The van der Waals surface area contributed by atoms with E-state index in [-0.39, 0.29) is 17.8 Å². The first-order valence-electron chi connectivity index (χ1n) is 8.96. The van der Waals surface area contributed by atoms with E-state index in [0.29, 0.717) is 32.8 Å². The smallest absolute Gasteiger partial charge is 0.158 e. The van der Waals surface area contributed by atoms with Crippen molar-refractivity contribution in [1.29, 1.82) is 0 Å². The number of unbranched alkanes of at least 4 members (excludes halogenated alkanes) is 1. The molecule has 0 aliphatic heterocycles. The molecule has 0 aliphatic rings. The lowest BCUT2D eigenvalue weighted by atomic mass is 10.3. The molecule has 0 aromatic heterocycles. The van der Waals surface area contributed by atoms with Crippen molar-refractivity contribution in [1.82, 2.24) is 0 Å². The van der Waals surface area contributed by atoms with Crippen LogP contribution in [0.4, 0.5) is 5.69 Å². The van der Waals surface area contributed by atoms with Crippen molar-refractivity contribution in [3.8, 4) is 5.75 Å². The summed E-state index contributed by atoms with van der Waals surface area (Å²) in [5.41, 5.74) is 1.03. The molecule has 0 bridgehead atoms. The molecule has 1 aromatic carbocycles. The molecule has 0 radical (unpaired) electrons. The fraction of sp³-hybridized carbons (Fsp3) is 0.632. The van der Waals surface area contributed by atoms with Gasteiger partial charge in [-0.1, -0.05) is 6.92 Å². The van der Waals surface area contributed by atoms with E-state index in [4.69, 9.17) is 14.2 Å². The molecule has 1 aromatic rings. The topological polar surface area (TPSA) is 56.8 Å². The van der Waals surface area contributed by atoms with Gasteiger partial charge in [0.05, 0.1) is 12.0 Å². The van der Waals surface area contributed by atoms with Gasteiger partial charge in [-0.3, -0.25) is 4.79 Å². The van der Waals surface area contributed by atoms with Gasteiger partial charge in [0.2, 0.25) is 0 Å². The highest BCUT2D eigenvalue weighted by Gasteiger charge is 1.99. The van der Waals surface area contributed by atoms with Crippen molar-refractivity contribution in [2.45, 2.75) is 44.9 Å². The van der Waals surface area contributed by atoms with Gasteiger partial charge in [-0.2, -0.15) is 12.6 Å². The Morgan fingerprint density at radius 2 is 1.68 bits per heavy atom. The predicted molar refractivity (Wildman–Crippen MR) is 105 cm³/mol. The molecule has 1 atom stereocenters. The normalized spacial score (nSPS) is 12.0. The predicted octanol–water partition coefficient (Wildman–Crippen LogP) is 3.94. The van der Waals surface area contributed by atoms with E-state index in [2.05, 4.69) is 17.9 Å². The number of anilines is 1. The van der Waals surface area contributed by atoms with Crippen molar-refractivity contribution in [2.75, 3.05) is 38.4 Å². The Hall–Kier alpha value is -1.24. The molecule has 0 saturated heterocycles.